The van der Waals surface area contributed by atoms with Gasteiger partial charge in [0.05, 0.1) is 6.26 Å². The van der Waals surface area contributed by atoms with Crippen molar-refractivity contribution in [3.63, 3.8) is 0 Å². The van der Waals surface area contributed by atoms with Crippen molar-refractivity contribution in [2.75, 3.05) is 0 Å². The maximum atomic E-state index is 11.5. The van der Waals surface area contributed by atoms with E-state index in [2.05, 4.69) is 11.8 Å². The van der Waals surface area contributed by atoms with Crippen LogP contribution in [-0.2, 0) is 0 Å². The van der Waals surface area contributed by atoms with E-state index in [-0.39, 0.29) is 11.7 Å². The third-order valence-electron chi connectivity index (χ3n) is 4.35. The number of hydrogen-bond acceptors (Lipinski definition) is 3. The lowest BCUT2D eigenvalue weighted by Gasteiger charge is -2.33. The SMILES string of the molecule is NC(=O)c1occc1[C@H]1CCC[C@@](O)(C#Cc2cccc(Cl)c2)C1. The van der Waals surface area contributed by atoms with E-state index in [9.17, 15) is 9.90 Å². The first kappa shape index (κ1) is 16.6. The van der Waals surface area contributed by atoms with Crippen molar-refractivity contribution >= 4 is 17.5 Å². The van der Waals surface area contributed by atoms with E-state index < -0.39 is 11.5 Å². The summed E-state index contributed by atoms with van der Waals surface area (Å²) in [5, 5.41) is 11.5. The Morgan fingerprint density at radius 3 is 3.00 bits per heavy atom. The molecule has 0 unspecified atom stereocenters. The Kier molecular flexibility index (Phi) is 4.66. The molecule has 3 N–H and O–H groups in total. The smallest absolute Gasteiger partial charge is 0.284 e. The number of furan rings is 1. The predicted octanol–water partition coefficient (Wildman–Crippen LogP) is 3.47. The second-order valence-electron chi connectivity index (χ2n) is 6.15. The van der Waals surface area contributed by atoms with Gasteiger partial charge in [0.25, 0.3) is 5.91 Å². The Morgan fingerprint density at radius 1 is 1.42 bits per heavy atom. The molecular formula is C19H18ClNO3. The predicted molar refractivity (Wildman–Crippen MR) is 91.7 cm³/mol. The molecule has 1 heterocycles. The molecule has 0 spiro atoms. The van der Waals surface area contributed by atoms with Crippen molar-refractivity contribution in [1.29, 1.82) is 0 Å². The van der Waals surface area contributed by atoms with Crippen LogP contribution in [0.25, 0.3) is 0 Å². The Bertz CT molecular complexity index is 817. The van der Waals surface area contributed by atoms with Crippen LogP contribution in [0.5, 0.6) is 0 Å². The van der Waals surface area contributed by atoms with Crippen molar-refractivity contribution in [2.24, 2.45) is 5.73 Å². The van der Waals surface area contributed by atoms with Crippen LogP contribution in [-0.4, -0.2) is 16.6 Å². The summed E-state index contributed by atoms with van der Waals surface area (Å²) < 4.78 is 5.18. The van der Waals surface area contributed by atoms with E-state index in [1.165, 1.54) is 6.26 Å². The fourth-order valence-electron chi connectivity index (χ4n) is 3.23. The van der Waals surface area contributed by atoms with Crippen molar-refractivity contribution in [3.8, 4) is 11.8 Å². The van der Waals surface area contributed by atoms with Gasteiger partial charge in [0, 0.05) is 16.1 Å². The lowest BCUT2D eigenvalue weighted by molar-refractivity contribution is 0.0516. The van der Waals surface area contributed by atoms with Crippen molar-refractivity contribution in [2.45, 2.75) is 37.2 Å². The summed E-state index contributed by atoms with van der Waals surface area (Å²) in [6.07, 6.45) is 4.18. The molecule has 1 aliphatic carbocycles. The second-order valence-corrected chi connectivity index (χ2v) is 6.59. The van der Waals surface area contributed by atoms with E-state index in [0.717, 1.165) is 24.0 Å². The van der Waals surface area contributed by atoms with Crippen LogP contribution in [0.15, 0.2) is 41.0 Å². The maximum Gasteiger partial charge on any atom is 0.284 e. The molecule has 4 nitrogen and oxygen atoms in total. The zero-order valence-electron chi connectivity index (χ0n) is 13.1. The number of halogens is 1. The van der Waals surface area contributed by atoms with Gasteiger partial charge in [-0.15, -0.1) is 0 Å². The van der Waals surface area contributed by atoms with Gasteiger partial charge in [-0.1, -0.05) is 29.5 Å². The lowest BCUT2D eigenvalue weighted by Crippen LogP contribution is -2.33. The molecule has 0 aliphatic heterocycles. The molecule has 5 heteroatoms. The van der Waals surface area contributed by atoms with Gasteiger partial charge in [0.15, 0.2) is 5.76 Å². The van der Waals surface area contributed by atoms with Crippen LogP contribution in [0.2, 0.25) is 5.02 Å². The molecule has 1 amide bonds. The van der Waals surface area contributed by atoms with Crippen LogP contribution in [0.3, 0.4) is 0 Å². The largest absolute Gasteiger partial charge is 0.459 e. The minimum Gasteiger partial charge on any atom is -0.459 e. The molecule has 2 aromatic rings. The summed E-state index contributed by atoms with van der Waals surface area (Å²) in [7, 11) is 0. The first-order valence-corrected chi connectivity index (χ1v) is 8.23. The van der Waals surface area contributed by atoms with Crippen molar-refractivity contribution in [1.82, 2.24) is 0 Å². The average Bonchev–Trinajstić information content (AvgIpc) is 3.03. The fourth-order valence-corrected chi connectivity index (χ4v) is 3.42. The standard InChI is InChI=1S/C19H18ClNO3/c20-15-5-1-3-13(11-15)6-9-19(23)8-2-4-14(12-19)16-7-10-24-17(16)18(21)22/h1,3,5,7,10-11,14,23H,2,4,8,12H2,(H2,21,22)/t14-,19+/m0/s1. The highest BCUT2D eigenvalue weighted by Crippen LogP contribution is 2.39. The Morgan fingerprint density at radius 2 is 2.25 bits per heavy atom. The summed E-state index contributed by atoms with van der Waals surface area (Å²) in [6.45, 7) is 0. The average molecular weight is 344 g/mol. The van der Waals surface area contributed by atoms with Gasteiger partial charge in [0.2, 0.25) is 0 Å². The van der Waals surface area contributed by atoms with Crippen LogP contribution in [0, 0.1) is 11.8 Å². The van der Waals surface area contributed by atoms with Gasteiger partial charge < -0.3 is 15.3 Å². The van der Waals surface area contributed by atoms with Crippen LogP contribution < -0.4 is 5.73 Å². The molecule has 1 fully saturated rings. The van der Waals surface area contributed by atoms with E-state index >= 15 is 0 Å². The fraction of sp³-hybridized carbons (Fsp3) is 0.316. The molecule has 2 atom stereocenters. The number of carbonyl (C=O) groups excluding carboxylic acids is 1. The molecule has 1 aromatic carbocycles. The van der Waals surface area contributed by atoms with E-state index in [1.807, 2.05) is 12.1 Å². The Balaban J connectivity index is 1.82. The van der Waals surface area contributed by atoms with E-state index in [4.69, 9.17) is 21.8 Å². The van der Waals surface area contributed by atoms with E-state index in [1.54, 1.807) is 18.2 Å². The first-order valence-electron chi connectivity index (χ1n) is 7.85. The minimum atomic E-state index is -1.10. The molecule has 24 heavy (non-hydrogen) atoms. The summed E-state index contributed by atoms with van der Waals surface area (Å²) >= 11 is 5.95. The number of rotatable bonds is 2. The maximum absolute atomic E-state index is 11.5. The van der Waals surface area contributed by atoms with Gasteiger partial charge in [0.1, 0.15) is 5.60 Å². The minimum absolute atomic E-state index is 0.00124. The third kappa shape index (κ3) is 3.64. The zero-order valence-corrected chi connectivity index (χ0v) is 13.8. The quantitative estimate of drug-likeness (QED) is 0.820. The molecule has 124 valence electrons. The number of primary amides is 1. The molecular weight excluding hydrogens is 326 g/mol. The molecule has 0 saturated heterocycles. The Labute approximate surface area is 145 Å². The number of amides is 1. The molecule has 3 rings (SSSR count). The van der Waals surface area contributed by atoms with Crippen molar-refractivity contribution < 1.29 is 14.3 Å². The summed E-state index contributed by atoms with van der Waals surface area (Å²) in [6, 6.07) is 8.97. The summed E-state index contributed by atoms with van der Waals surface area (Å²) in [4.78, 5) is 11.5. The zero-order chi connectivity index (χ0) is 17.2. The highest BCUT2D eigenvalue weighted by atomic mass is 35.5. The normalized spacial score (nSPS) is 23.3. The van der Waals surface area contributed by atoms with Gasteiger partial charge >= 0.3 is 0 Å². The molecule has 1 aromatic heterocycles. The molecule has 1 saturated carbocycles. The van der Waals surface area contributed by atoms with Crippen LogP contribution in [0.1, 0.15) is 53.3 Å². The molecule has 0 bridgehead atoms. The number of carbonyl (C=O) groups is 1. The number of benzene rings is 1. The van der Waals surface area contributed by atoms with Gasteiger partial charge in [-0.05, 0) is 55.9 Å². The highest BCUT2D eigenvalue weighted by Gasteiger charge is 2.35. The lowest BCUT2D eigenvalue weighted by atomic mass is 9.75. The topological polar surface area (TPSA) is 76.5 Å². The molecule has 0 radical (unpaired) electrons. The van der Waals surface area contributed by atoms with Crippen LogP contribution >= 0.6 is 11.6 Å². The summed E-state index contributed by atoms with van der Waals surface area (Å²) in [5.74, 6) is 5.56. The van der Waals surface area contributed by atoms with E-state index in [0.29, 0.717) is 17.9 Å². The highest BCUT2D eigenvalue weighted by molar-refractivity contribution is 6.30. The number of nitrogens with two attached hydrogens (primary N) is 1. The Hall–Kier alpha value is -2.22. The van der Waals surface area contributed by atoms with Gasteiger partial charge in [-0.2, -0.15) is 0 Å². The van der Waals surface area contributed by atoms with Gasteiger partial charge in [-0.25, -0.2) is 0 Å². The monoisotopic (exact) mass is 343 g/mol. The van der Waals surface area contributed by atoms with Crippen molar-refractivity contribution in [3.05, 3.63) is 58.5 Å². The second kappa shape index (κ2) is 6.72. The summed E-state index contributed by atoms with van der Waals surface area (Å²) in [5.41, 5.74) is 5.76. The van der Waals surface area contributed by atoms with Crippen LogP contribution in [0.4, 0.5) is 0 Å². The number of hydrogen-bond donors (Lipinski definition) is 2. The first-order chi connectivity index (χ1) is 11.5. The number of aliphatic hydroxyl groups is 1. The molecule has 1 aliphatic rings. The third-order valence-corrected chi connectivity index (χ3v) is 4.59. The van der Waals surface area contributed by atoms with Gasteiger partial charge in [-0.3, -0.25) is 4.79 Å².